The molecule has 5 amide bonds. The van der Waals surface area contributed by atoms with Crippen LogP contribution in [0, 0.1) is 11.2 Å². The van der Waals surface area contributed by atoms with E-state index in [9.17, 15) is 19.2 Å². The Kier molecular flexibility index (Phi) is 5.76. The first kappa shape index (κ1) is 24.6. The standard InChI is InChI=1S/C24H26FN5O8/c1-10-9-30-16-12(8-24(18(30)11(2)36-10)20(31)27-22(33)28-21(24)32)7-14-17(15(16)25)38-29-19(14)37-23(34)26-13-3-5-35-6-4-13/h7,10-11,13,18H,3-6,8-9H2,1-2H3,(H,26,34)(H2,27,28,31,32,33)/t10-,11+,18-/m1/s1. The molecule has 1 aromatic heterocycles. The average molecular weight is 531 g/mol. The van der Waals surface area contributed by atoms with Crippen molar-refractivity contribution in [3.8, 4) is 5.88 Å². The largest absolute Gasteiger partial charge is 0.414 e. The molecule has 38 heavy (non-hydrogen) atoms. The number of rotatable bonds is 2. The van der Waals surface area contributed by atoms with Crippen LogP contribution in [-0.2, 0) is 25.5 Å². The molecule has 0 bridgehead atoms. The van der Waals surface area contributed by atoms with Crippen LogP contribution in [0.3, 0.4) is 0 Å². The molecule has 3 N–H and O–H groups in total. The molecule has 4 aliphatic rings. The van der Waals surface area contributed by atoms with Gasteiger partial charge in [0.05, 0.1) is 29.3 Å². The summed E-state index contributed by atoms with van der Waals surface area (Å²) in [5.74, 6) is -2.61. The third kappa shape index (κ3) is 3.69. The lowest BCUT2D eigenvalue weighted by atomic mass is 9.66. The second kappa shape index (κ2) is 8.91. The van der Waals surface area contributed by atoms with Crippen LogP contribution in [0.15, 0.2) is 10.6 Å². The number of nitrogens with zero attached hydrogens (tertiary/aromatic N) is 2. The number of fused-ring (bicyclic) bond motifs is 5. The zero-order chi connectivity index (χ0) is 26.8. The number of aromatic nitrogens is 1. The van der Waals surface area contributed by atoms with E-state index in [4.69, 9.17) is 18.7 Å². The van der Waals surface area contributed by atoms with Gasteiger partial charge in [-0.3, -0.25) is 20.2 Å². The van der Waals surface area contributed by atoms with Crippen LogP contribution in [0.2, 0.25) is 0 Å². The van der Waals surface area contributed by atoms with E-state index in [0.29, 0.717) is 31.6 Å². The normalized spacial score (nSPS) is 27.0. The Morgan fingerprint density at radius 2 is 1.92 bits per heavy atom. The summed E-state index contributed by atoms with van der Waals surface area (Å²) in [6, 6.07) is -0.462. The topological polar surface area (TPSA) is 161 Å². The minimum absolute atomic E-state index is 0.0686. The Morgan fingerprint density at radius 3 is 2.63 bits per heavy atom. The van der Waals surface area contributed by atoms with Gasteiger partial charge in [0.2, 0.25) is 17.4 Å². The molecule has 3 fully saturated rings. The number of ether oxygens (including phenoxy) is 3. The monoisotopic (exact) mass is 531 g/mol. The van der Waals surface area contributed by atoms with Crippen LogP contribution in [-0.4, -0.2) is 73.1 Å². The van der Waals surface area contributed by atoms with Crippen LogP contribution in [0.4, 0.5) is 19.7 Å². The number of benzene rings is 1. The van der Waals surface area contributed by atoms with Crippen molar-refractivity contribution in [2.24, 2.45) is 5.41 Å². The molecular formula is C24H26FN5O8. The predicted octanol–water partition coefficient (Wildman–Crippen LogP) is 1.13. The highest BCUT2D eigenvalue weighted by Gasteiger charge is 2.63. The Balaban J connectivity index is 1.42. The first-order valence-electron chi connectivity index (χ1n) is 12.4. The quantitative estimate of drug-likeness (QED) is 0.479. The number of anilines is 1. The first-order valence-corrected chi connectivity index (χ1v) is 12.4. The van der Waals surface area contributed by atoms with Gasteiger partial charge >= 0.3 is 12.1 Å². The number of halogens is 1. The third-order valence-corrected chi connectivity index (χ3v) is 7.66. The lowest BCUT2D eigenvalue weighted by Crippen LogP contribution is -2.75. The van der Waals surface area contributed by atoms with Crippen LogP contribution in [0.1, 0.15) is 32.3 Å². The number of barbiturate groups is 1. The second-order valence-electron chi connectivity index (χ2n) is 10.1. The highest BCUT2D eigenvalue weighted by atomic mass is 19.1. The zero-order valence-electron chi connectivity index (χ0n) is 20.7. The molecule has 1 spiro atoms. The van der Waals surface area contributed by atoms with E-state index in [1.807, 2.05) is 0 Å². The molecule has 2 aromatic rings. The number of amides is 5. The second-order valence-corrected chi connectivity index (χ2v) is 10.1. The molecule has 0 aliphatic carbocycles. The molecule has 3 atom stereocenters. The van der Waals surface area contributed by atoms with Crippen LogP contribution in [0.25, 0.3) is 11.0 Å². The molecule has 0 radical (unpaired) electrons. The van der Waals surface area contributed by atoms with E-state index in [2.05, 4.69) is 21.1 Å². The number of urea groups is 1. The van der Waals surface area contributed by atoms with Crippen molar-refractivity contribution in [2.75, 3.05) is 24.7 Å². The molecule has 5 heterocycles. The molecule has 14 heteroatoms. The molecule has 13 nitrogen and oxygen atoms in total. The van der Waals surface area contributed by atoms with Gasteiger partial charge in [0.1, 0.15) is 0 Å². The molecular weight excluding hydrogens is 505 g/mol. The lowest BCUT2D eigenvalue weighted by molar-refractivity contribution is -0.153. The summed E-state index contributed by atoms with van der Waals surface area (Å²) in [6.45, 7) is 4.70. The zero-order valence-corrected chi connectivity index (χ0v) is 20.7. The molecule has 0 saturated carbocycles. The smallest absolute Gasteiger partial charge is 0.387 e. The number of morpholine rings is 1. The first-order chi connectivity index (χ1) is 18.2. The van der Waals surface area contributed by atoms with Crippen molar-refractivity contribution in [1.29, 1.82) is 0 Å². The summed E-state index contributed by atoms with van der Waals surface area (Å²) in [5.41, 5.74) is -1.57. The van der Waals surface area contributed by atoms with E-state index >= 15 is 4.39 Å². The van der Waals surface area contributed by atoms with Crippen molar-refractivity contribution in [3.63, 3.8) is 0 Å². The lowest BCUT2D eigenvalue weighted by Gasteiger charge is -2.55. The van der Waals surface area contributed by atoms with Gasteiger partial charge in [-0.05, 0) is 43.5 Å². The van der Waals surface area contributed by atoms with Gasteiger partial charge in [0.15, 0.2) is 11.2 Å². The summed E-state index contributed by atoms with van der Waals surface area (Å²) in [6.07, 6.45) is -0.761. The molecule has 3 saturated heterocycles. The van der Waals surface area contributed by atoms with Crippen LogP contribution in [0.5, 0.6) is 5.88 Å². The maximum absolute atomic E-state index is 16.1. The van der Waals surface area contributed by atoms with E-state index in [0.717, 1.165) is 0 Å². The maximum atomic E-state index is 16.1. The Labute approximate surface area is 215 Å². The third-order valence-electron chi connectivity index (χ3n) is 7.66. The average Bonchev–Trinajstić information content (AvgIpc) is 3.25. The van der Waals surface area contributed by atoms with Crippen molar-refractivity contribution in [2.45, 2.75) is 57.4 Å². The molecule has 0 unspecified atom stereocenters. The number of hydrogen-bond donors (Lipinski definition) is 3. The Hall–Kier alpha value is -3.78. The van der Waals surface area contributed by atoms with Crippen molar-refractivity contribution >= 4 is 40.6 Å². The van der Waals surface area contributed by atoms with Gasteiger partial charge in [0, 0.05) is 32.2 Å². The number of nitrogens with one attached hydrogen (secondary N) is 3. The number of hydrogen-bond acceptors (Lipinski definition) is 10. The summed E-state index contributed by atoms with van der Waals surface area (Å²) in [4.78, 5) is 52.6. The summed E-state index contributed by atoms with van der Waals surface area (Å²) >= 11 is 0. The van der Waals surface area contributed by atoms with Gasteiger partial charge in [-0.15, -0.1) is 0 Å². The van der Waals surface area contributed by atoms with Gasteiger partial charge in [-0.1, -0.05) is 0 Å². The number of imide groups is 2. The van der Waals surface area contributed by atoms with Gasteiger partial charge < -0.3 is 29.0 Å². The maximum Gasteiger partial charge on any atom is 0.414 e. The highest BCUT2D eigenvalue weighted by molar-refractivity contribution is 6.20. The SMILES string of the molecule is C[C@@H]1CN2c3c(cc4c(OC(=O)NC5CCOCC5)noc4c3F)CC3(C(=O)NC(=O)NC3=O)[C@H]2[C@H](C)O1. The van der Waals surface area contributed by atoms with Gasteiger partial charge in [-0.2, -0.15) is 0 Å². The van der Waals surface area contributed by atoms with E-state index < -0.39 is 47.3 Å². The van der Waals surface area contributed by atoms with E-state index in [1.54, 1.807) is 18.7 Å². The minimum Gasteiger partial charge on any atom is -0.387 e. The Morgan fingerprint density at radius 1 is 1.21 bits per heavy atom. The van der Waals surface area contributed by atoms with Crippen LogP contribution < -0.4 is 25.6 Å². The van der Waals surface area contributed by atoms with E-state index in [-0.39, 0.29) is 47.6 Å². The van der Waals surface area contributed by atoms with Crippen molar-refractivity contribution in [3.05, 3.63) is 17.4 Å². The molecule has 4 aliphatic heterocycles. The predicted molar refractivity (Wildman–Crippen MR) is 126 cm³/mol. The number of carbonyl (C=O) groups excluding carboxylic acids is 4. The minimum atomic E-state index is -1.78. The molecule has 1 aromatic carbocycles. The van der Waals surface area contributed by atoms with Gasteiger partial charge in [-0.25, -0.2) is 14.0 Å². The fraction of sp³-hybridized carbons (Fsp3) is 0.542. The van der Waals surface area contributed by atoms with Gasteiger partial charge in [0.25, 0.3) is 5.88 Å². The summed E-state index contributed by atoms with van der Waals surface area (Å²) < 4.78 is 37.9. The molecule has 6 rings (SSSR count). The fourth-order valence-electron chi connectivity index (χ4n) is 6.13. The van der Waals surface area contributed by atoms with E-state index in [1.165, 1.54) is 6.07 Å². The Bertz CT molecular complexity index is 1340. The van der Waals surface area contributed by atoms with Crippen LogP contribution >= 0.6 is 0 Å². The highest BCUT2D eigenvalue weighted by Crippen LogP contribution is 2.49. The molecule has 202 valence electrons. The fourth-order valence-corrected chi connectivity index (χ4v) is 6.13. The summed E-state index contributed by atoms with van der Waals surface area (Å²) in [5, 5.41) is 10.9. The van der Waals surface area contributed by atoms with Crippen molar-refractivity contribution < 1.29 is 42.3 Å². The summed E-state index contributed by atoms with van der Waals surface area (Å²) in [7, 11) is 0. The number of carbonyl (C=O) groups is 4. The van der Waals surface area contributed by atoms with Crippen molar-refractivity contribution in [1.82, 2.24) is 21.1 Å².